The second-order valence-electron chi connectivity index (χ2n) is 26.2. The summed E-state index contributed by atoms with van der Waals surface area (Å²) >= 11 is 0. The predicted octanol–water partition coefficient (Wildman–Crippen LogP) is 20.1. The Morgan fingerprint density at radius 1 is 0.308 bits per heavy atom. The first-order valence-electron chi connectivity index (χ1n) is 32.3. The maximum absolute atomic E-state index is 7.23. The molecule has 0 amide bonds. The molecule has 0 aliphatic carbocycles. The molecule has 0 N–H and O–H groups in total. The van der Waals surface area contributed by atoms with E-state index in [2.05, 4.69) is 313 Å². The molecule has 3 aliphatic heterocycles. The van der Waals surface area contributed by atoms with Crippen molar-refractivity contribution in [2.75, 3.05) is 0 Å². The molecule has 4 aromatic heterocycles. The van der Waals surface area contributed by atoms with Crippen LogP contribution in [0.4, 0.5) is 0 Å². The molecule has 4 bridgehead atoms. The van der Waals surface area contributed by atoms with Crippen LogP contribution in [-0.2, 0) is 0 Å². The van der Waals surface area contributed by atoms with E-state index < -0.39 is 0 Å². The third kappa shape index (κ3) is 7.08. The van der Waals surface area contributed by atoms with E-state index in [0.717, 1.165) is 34.2 Å². The summed E-state index contributed by atoms with van der Waals surface area (Å²) in [5.74, 6) is 2.16. The first-order valence-corrected chi connectivity index (χ1v) is 32.3. The van der Waals surface area contributed by atoms with Gasteiger partial charge in [-0.3, -0.25) is 0 Å². The SMILES string of the molecule is CC(C)c1cc2c3c(c1)C(C)c1cccc4c5cc(-c6ccc7c(c6)c6ccccc6n7-c6ccccc6)ccc5n(c14)-c1ccc4c(c1)B3c1cc(ccc1O4)-n1c3ccc(-c4ccc5c(c4)c4ccccc4n5-c4ccccc4)cc3c3cccc(c31)C2C. The Kier molecular flexibility index (Phi) is 10.5. The normalized spacial score (nSPS) is 14.8. The van der Waals surface area contributed by atoms with Crippen molar-refractivity contribution in [1.82, 2.24) is 18.3 Å². The van der Waals surface area contributed by atoms with Crippen LogP contribution in [0, 0.1) is 0 Å². The van der Waals surface area contributed by atoms with Crippen molar-refractivity contribution in [3.05, 3.63) is 295 Å². The monoisotopic (exact) mass is 1160 g/mol. The fraction of sp³-hybridized carbons (Fsp3) is 0.0824. The Balaban J connectivity index is 0.790. The van der Waals surface area contributed by atoms with Gasteiger partial charge in [-0.2, -0.15) is 0 Å². The number of ether oxygens (including phenoxy) is 1. The lowest BCUT2D eigenvalue weighted by Gasteiger charge is -2.35. The summed E-state index contributed by atoms with van der Waals surface area (Å²) in [5, 5.41) is 10.0. The zero-order chi connectivity index (χ0) is 60.1. The second kappa shape index (κ2) is 18.7. The summed E-state index contributed by atoms with van der Waals surface area (Å²) in [5.41, 5.74) is 29.7. The Bertz CT molecular complexity index is 5660. The number of hydrogen-bond donors (Lipinski definition) is 0. The van der Waals surface area contributed by atoms with Crippen LogP contribution >= 0.6 is 0 Å². The minimum Gasteiger partial charge on any atom is -0.458 e. The Morgan fingerprint density at radius 2 is 0.681 bits per heavy atom. The van der Waals surface area contributed by atoms with Crippen LogP contribution in [0.1, 0.15) is 73.3 Å². The van der Waals surface area contributed by atoms with Gasteiger partial charge in [-0.25, -0.2) is 0 Å². The van der Waals surface area contributed by atoms with Crippen LogP contribution < -0.4 is 21.1 Å². The van der Waals surface area contributed by atoms with Crippen molar-refractivity contribution in [3.8, 4) is 56.5 Å². The van der Waals surface area contributed by atoms with Crippen molar-refractivity contribution >= 4 is 110 Å². The van der Waals surface area contributed by atoms with Crippen molar-refractivity contribution < 1.29 is 4.74 Å². The molecule has 7 heterocycles. The van der Waals surface area contributed by atoms with Gasteiger partial charge in [0.15, 0.2) is 0 Å². The minimum atomic E-state index is -0.122. The first kappa shape index (κ1) is 50.9. The molecule has 13 aromatic carbocycles. The van der Waals surface area contributed by atoms with E-state index in [-0.39, 0.29) is 18.5 Å². The maximum Gasteiger partial charge on any atom is 0.251 e. The van der Waals surface area contributed by atoms with Crippen LogP contribution in [0.3, 0.4) is 0 Å². The van der Waals surface area contributed by atoms with E-state index >= 15 is 0 Å². The van der Waals surface area contributed by atoms with Crippen LogP contribution in [-0.4, -0.2) is 25.0 Å². The first-order chi connectivity index (χ1) is 44.8. The lowest BCUT2D eigenvalue weighted by atomic mass is 9.33. The molecule has 91 heavy (non-hydrogen) atoms. The van der Waals surface area contributed by atoms with E-state index in [0.29, 0.717) is 5.92 Å². The summed E-state index contributed by atoms with van der Waals surface area (Å²) in [6.45, 7) is 9.58. The van der Waals surface area contributed by atoms with Gasteiger partial charge < -0.3 is 23.0 Å². The average Bonchev–Trinajstić information content (AvgIpc) is 1.74. The molecule has 0 fully saturated rings. The molecule has 5 nitrogen and oxygen atoms in total. The number of nitrogens with zero attached hydrogens (tertiary/aromatic N) is 4. The molecular formula is C85H59BN4O. The summed E-state index contributed by atoms with van der Waals surface area (Å²) < 4.78 is 17.2. The van der Waals surface area contributed by atoms with E-state index in [1.807, 2.05) is 0 Å². The summed E-state index contributed by atoms with van der Waals surface area (Å²) in [6, 6.07) is 101. The molecular weight excluding hydrogens is 1100 g/mol. The highest BCUT2D eigenvalue weighted by Crippen LogP contribution is 2.47. The Hall–Kier alpha value is -11.1. The van der Waals surface area contributed by atoms with Gasteiger partial charge in [0.05, 0.1) is 44.1 Å². The van der Waals surface area contributed by atoms with Gasteiger partial charge in [0, 0.05) is 77.7 Å². The zero-order valence-electron chi connectivity index (χ0n) is 50.9. The highest BCUT2D eigenvalue weighted by Gasteiger charge is 2.41. The van der Waals surface area contributed by atoms with Gasteiger partial charge >= 0.3 is 0 Å². The molecule has 0 saturated carbocycles. The van der Waals surface area contributed by atoms with Gasteiger partial charge in [0.25, 0.3) is 6.71 Å². The highest BCUT2D eigenvalue weighted by molar-refractivity contribution is 6.97. The third-order valence-electron chi connectivity index (χ3n) is 21.1. The van der Waals surface area contributed by atoms with Gasteiger partial charge in [-0.05, 0) is 188 Å². The summed E-state index contributed by atoms with van der Waals surface area (Å²) in [6.07, 6.45) is 0. The van der Waals surface area contributed by atoms with Crippen LogP contribution in [0.15, 0.2) is 267 Å². The quantitative estimate of drug-likeness (QED) is 0.158. The second-order valence-corrected chi connectivity index (χ2v) is 26.2. The van der Waals surface area contributed by atoms with E-state index in [4.69, 9.17) is 4.74 Å². The molecule has 2 atom stereocenters. The standard InChI is InChI=1S/C85H59BN4O/c1-49(2)56-45-67-50(3)61-23-15-25-65-71-43-54(52-29-35-77-69(41-52)63-21-11-13-27-75(63)87(77)57-17-7-5-8-18-57)31-37-79(71)89(84(61)65)59-33-39-81-73(47-59)86-74-48-60(34-40-82(74)91-81)90-80-38-32-55(44-72(80)66-26-16-24-62(85(66)90)51(4)68(46-56)83(67)86)53-30-36-78-70(42-53)64-22-12-14-28-76(64)88(78)58-19-9-6-10-20-58/h5-51H,1-4H3. The number of benzene rings is 13. The summed E-state index contributed by atoms with van der Waals surface area (Å²) in [7, 11) is 0. The smallest absolute Gasteiger partial charge is 0.251 e. The fourth-order valence-corrected chi connectivity index (χ4v) is 16.8. The number of fused-ring (bicyclic) bond motifs is 16. The van der Waals surface area contributed by atoms with Gasteiger partial charge in [-0.1, -0.05) is 179 Å². The molecule has 428 valence electrons. The van der Waals surface area contributed by atoms with E-state index in [1.54, 1.807) is 0 Å². The van der Waals surface area contributed by atoms with Crippen LogP contribution in [0.2, 0.25) is 0 Å². The molecule has 0 radical (unpaired) electrons. The number of hydrogen-bond acceptors (Lipinski definition) is 1. The molecule has 17 aromatic rings. The molecule has 0 spiro atoms. The minimum absolute atomic E-state index is 0.0230. The van der Waals surface area contributed by atoms with Crippen molar-refractivity contribution in [3.63, 3.8) is 0 Å². The maximum atomic E-state index is 7.23. The molecule has 20 rings (SSSR count). The fourth-order valence-electron chi connectivity index (χ4n) is 16.8. The van der Waals surface area contributed by atoms with Gasteiger partial charge in [0.1, 0.15) is 11.5 Å². The lowest BCUT2D eigenvalue weighted by molar-refractivity contribution is 0.487. The average molecular weight is 1160 g/mol. The number of aromatic nitrogens is 4. The molecule has 6 heteroatoms. The van der Waals surface area contributed by atoms with Gasteiger partial charge in [0.2, 0.25) is 0 Å². The Labute approximate surface area is 526 Å². The van der Waals surface area contributed by atoms with Crippen LogP contribution in [0.5, 0.6) is 11.5 Å². The molecule has 0 saturated heterocycles. The number of rotatable bonds is 5. The van der Waals surface area contributed by atoms with E-state index in [1.165, 1.54) is 154 Å². The Morgan fingerprint density at radius 3 is 1.11 bits per heavy atom. The molecule has 3 aliphatic rings. The van der Waals surface area contributed by atoms with E-state index in [9.17, 15) is 0 Å². The third-order valence-corrected chi connectivity index (χ3v) is 21.1. The lowest BCUT2D eigenvalue weighted by Crippen LogP contribution is -2.58. The highest BCUT2D eigenvalue weighted by atomic mass is 16.5. The predicted molar refractivity (Wildman–Crippen MR) is 381 cm³/mol. The molecule has 2 unspecified atom stereocenters. The summed E-state index contributed by atoms with van der Waals surface area (Å²) in [4.78, 5) is 0. The van der Waals surface area contributed by atoms with Gasteiger partial charge in [-0.15, -0.1) is 0 Å². The van der Waals surface area contributed by atoms with Crippen molar-refractivity contribution in [2.24, 2.45) is 0 Å². The van der Waals surface area contributed by atoms with Crippen molar-refractivity contribution in [1.29, 1.82) is 0 Å². The number of para-hydroxylation sites is 6. The van der Waals surface area contributed by atoms with Crippen LogP contribution in [0.25, 0.3) is 132 Å². The van der Waals surface area contributed by atoms with Crippen molar-refractivity contribution in [2.45, 2.75) is 45.4 Å². The zero-order valence-corrected chi connectivity index (χ0v) is 50.9. The largest absolute Gasteiger partial charge is 0.458 e. The topological polar surface area (TPSA) is 28.9 Å².